The molecule has 1 fully saturated rings. The van der Waals surface area contributed by atoms with Crippen LogP contribution in [0.25, 0.3) is 0 Å². The van der Waals surface area contributed by atoms with Crippen molar-refractivity contribution in [2.45, 2.75) is 30.6 Å². The Labute approximate surface area is 127 Å². The summed E-state index contributed by atoms with van der Waals surface area (Å²) >= 11 is 7.51. The van der Waals surface area contributed by atoms with Crippen molar-refractivity contribution in [1.29, 1.82) is 0 Å². The van der Waals surface area contributed by atoms with Gasteiger partial charge in [-0.1, -0.05) is 11.6 Å². The molecule has 2 atom stereocenters. The number of rotatable bonds is 3. The normalized spacial score (nSPS) is 22.0. The SMILES string of the molecule is CS[C@@H]1CC[C@H](N(C)C(=O)c2cc(F)cc(Cl)c2O)C1. The topological polar surface area (TPSA) is 40.5 Å². The summed E-state index contributed by atoms with van der Waals surface area (Å²) in [7, 11) is 1.69. The minimum absolute atomic E-state index is 0.0786. The number of carbonyl (C=O) groups excluding carboxylic acids is 1. The predicted molar refractivity (Wildman–Crippen MR) is 80.1 cm³/mol. The van der Waals surface area contributed by atoms with E-state index in [1.807, 2.05) is 0 Å². The molecule has 0 unspecified atom stereocenters. The molecule has 0 saturated heterocycles. The second-order valence-corrected chi connectivity index (χ2v) is 6.57. The molecule has 0 radical (unpaired) electrons. The zero-order chi connectivity index (χ0) is 14.9. The average molecular weight is 318 g/mol. The van der Waals surface area contributed by atoms with Crippen molar-refractivity contribution in [2.75, 3.05) is 13.3 Å². The summed E-state index contributed by atoms with van der Waals surface area (Å²) < 4.78 is 13.4. The number of hydrogen-bond acceptors (Lipinski definition) is 3. The number of halogens is 2. The molecule has 3 nitrogen and oxygen atoms in total. The van der Waals surface area contributed by atoms with Crippen molar-refractivity contribution in [1.82, 2.24) is 4.90 Å². The minimum Gasteiger partial charge on any atom is -0.506 e. The van der Waals surface area contributed by atoms with Gasteiger partial charge in [-0.2, -0.15) is 11.8 Å². The van der Waals surface area contributed by atoms with E-state index in [2.05, 4.69) is 6.26 Å². The maximum atomic E-state index is 13.4. The number of phenolic OH excluding ortho intramolecular Hbond substituents is 1. The molecule has 0 spiro atoms. The van der Waals surface area contributed by atoms with Crippen LogP contribution in [-0.4, -0.2) is 40.5 Å². The van der Waals surface area contributed by atoms with Gasteiger partial charge in [0, 0.05) is 18.3 Å². The van der Waals surface area contributed by atoms with Gasteiger partial charge >= 0.3 is 0 Å². The Balaban J connectivity index is 2.19. The highest BCUT2D eigenvalue weighted by atomic mass is 35.5. The Hall–Kier alpha value is -0.940. The Bertz CT molecular complexity index is 526. The van der Waals surface area contributed by atoms with Crippen molar-refractivity contribution in [3.63, 3.8) is 0 Å². The second-order valence-electron chi connectivity index (χ2n) is 5.02. The molecule has 0 heterocycles. The molecule has 20 heavy (non-hydrogen) atoms. The quantitative estimate of drug-likeness (QED) is 0.927. The van der Waals surface area contributed by atoms with E-state index in [0.717, 1.165) is 31.4 Å². The van der Waals surface area contributed by atoms with E-state index in [9.17, 15) is 14.3 Å². The van der Waals surface area contributed by atoms with Crippen LogP contribution in [0.5, 0.6) is 5.75 Å². The van der Waals surface area contributed by atoms with Crippen molar-refractivity contribution in [2.24, 2.45) is 0 Å². The van der Waals surface area contributed by atoms with Crippen LogP contribution in [0.4, 0.5) is 4.39 Å². The van der Waals surface area contributed by atoms with Crippen LogP contribution in [0.2, 0.25) is 5.02 Å². The fourth-order valence-corrected chi connectivity index (χ4v) is 3.56. The molecule has 1 aromatic rings. The number of thioether (sulfide) groups is 1. The lowest BCUT2D eigenvalue weighted by Crippen LogP contribution is -2.35. The molecule has 1 aliphatic carbocycles. The van der Waals surface area contributed by atoms with E-state index in [4.69, 9.17) is 11.6 Å². The van der Waals surface area contributed by atoms with Crippen molar-refractivity contribution in [3.05, 3.63) is 28.5 Å². The number of amides is 1. The molecule has 0 aromatic heterocycles. The Morgan fingerprint density at radius 2 is 2.20 bits per heavy atom. The monoisotopic (exact) mass is 317 g/mol. The van der Waals surface area contributed by atoms with Gasteiger partial charge in [0.15, 0.2) is 0 Å². The Morgan fingerprint density at radius 1 is 1.50 bits per heavy atom. The summed E-state index contributed by atoms with van der Waals surface area (Å²) in [5, 5.41) is 10.2. The summed E-state index contributed by atoms with van der Waals surface area (Å²) in [5.41, 5.74) is -0.0786. The molecule has 1 aliphatic rings. The molecule has 110 valence electrons. The first-order chi connectivity index (χ1) is 9.43. The first-order valence-corrected chi connectivity index (χ1v) is 8.08. The molecule has 1 saturated carbocycles. The first-order valence-electron chi connectivity index (χ1n) is 6.42. The van der Waals surface area contributed by atoms with Gasteiger partial charge in [0.2, 0.25) is 0 Å². The van der Waals surface area contributed by atoms with Gasteiger partial charge in [0.05, 0.1) is 10.6 Å². The van der Waals surface area contributed by atoms with Crippen molar-refractivity contribution < 1.29 is 14.3 Å². The lowest BCUT2D eigenvalue weighted by molar-refractivity contribution is 0.0732. The fraction of sp³-hybridized carbons (Fsp3) is 0.500. The fourth-order valence-electron chi connectivity index (χ4n) is 2.57. The highest BCUT2D eigenvalue weighted by molar-refractivity contribution is 7.99. The second kappa shape index (κ2) is 6.22. The maximum Gasteiger partial charge on any atom is 0.257 e. The molecule has 2 rings (SSSR count). The lowest BCUT2D eigenvalue weighted by atomic mass is 10.1. The summed E-state index contributed by atoms with van der Waals surface area (Å²) in [6.45, 7) is 0. The number of hydrogen-bond donors (Lipinski definition) is 1. The maximum absolute atomic E-state index is 13.4. The van der Waals surface area contributed by atoms with Crippen molar-refractivity contribution in [3.8, 4) is 5.75 Å². The Morgan fingerprint density at radius 3 is 2.80 bits per heavy atom. The molecule has 1 amide bonds. The van der Waals surface area contributed by atoms with Gasteiger partial charge < -0.3 is 10.0 Å². The summed E-state index contributed by atoms with van der Waals surface area (Å²) in [4.78, 5) is 14.0. The largest absolute Gasteiger partial charge is 0.506 e. The summed E-state index contributed by atoms with van der Waals surface area (Å²) in [6.07, 6.45) is 4.98. The van der Waals surface area contributed by atoms with E-state index >= 15 is 0 Å². The molecule has 6 heteroatoms. The highest BCUT2D eigenvalue weighted by Gasteiger charge is 2.31. The molecule has 1 aromatic carbocycles. The van der Waals surface area contributed by atoms with Crippen LogP contribution in [-0.2, 0) is 0 Å². The van der Waals surface area contributed by atoms with Crippen LogP contribution in [0.3, 0.4) is 0 Å². The van der Waals surface area contributed by atoms with E-state index in [1.165, 1.54) is 0 Å². The summed E-state index contributed by atoms with van der Waals surface area (Å²) in [5.74, 6) is -1.38. The molecule has 1 N–H and O–H groups in total. The van der Waals surface area contributed by atoms with E-state index in [-0.39, 0.29) is 22.4 Å². The van der Waals surface area contributed by atoms with Gasteiger partial charge in [0.25, 0.3) is 5.91 Å². The number of aromatic hydroxyl groups is 1. The highest BCUT2D eigenvalue weighted by Crippen LogP contribution is 2.34. The van der Waals surface area contributed by atoms with Crippen LogP contribution < -0.4 is 0 Å². The van der Waals surface area contributed by atoms with Crippen LogP contribution in [0, 0.1) is 5.82 Å². The first kappa shape index (κ1) is 15.4. The third kappa shape index (κ3) is 3.04. The van der Waals surface area contributed by atoms with Crippen molar-refractivity contribution >= 4 is 29.3 Å². The van der Waals surface area contributed by atoms with Crippen LogP contribution in [0.1, 0.15) is 29.6 Å². The zero-order valence-electron chi connectivity index (χ0n) is 11.4. The van der Waals surface area contributed by atoms with Gasteiger partial charge in [-0.25, -0.2) is 4.39 Å². The third-order valence-electron chi connectivity index (χ3n) is 3.82. The minimum atomic E-state index is -0.627. The number of nitrogens with zero attached hydrogens (tertiary/aromatic N) is 1. The number of phenols is 1. The molecule has 0 bridgehead atoms. The lowest BCUT2D eigenvalue weighted by Gasteiger charge is -2.25. The van der Waals surface area contributed by atoms with Gasteiger partial charge in [-0.05, 0) is 37.7 Å². The van der Waals surface area contributed by atoms with E-state index in [1.54, 1.807) is 23.7 Å². The standard InChI is InChI=1S/C14H17ClFNO2S/c1-17(9-3-4-10(7-9)20-2)14(19)11-5-8(16)6-12(15)13(11)18/h5-6,9-10,18H,3-4,7H2,1-2H3/t9-,10+/m0/s1. The molecule has 0 aliphatic heterocycles. The van der Waals surface area contributed by atoms with Crippen LogP contribution >= 0.6 is 23.4 Å². The molecular formula is C14H17ClFNO2S. The zero-order valence-corrected chi connectivity index (χ0v) is 13.0. The van der Waals surface area contributed by atoms with E-state index in [0.29, 0.717) is 5.25 Å². The third-order valence-corrected chi connectivity index (χ3v) is 5.20. The number of carbonyl (C=O) groups is 1. The average Bonchev–Trinajstić information content (AvgIpc) is 2.90. The summed E-state index contributed by atoms with van der Waals surface area (Å²) in [6, 6.07) is 2.15. The van der Waals surface area contributed by atoms with Gasteiger partial charge in [-0.3, -0.25) is 4.79 Å². The molecular weight excluding hydrogens is 301 g/mol. The van der Waals surface area contributed by atoms with Crippen LogP contribution in [0.15, 0.2) is 12.1 Å². The number of benzene rings is 1. The van der Waals surface area contributed by atoms with E-state index < -0.39 is 11.7 Å². The predicted octanol–water partition coefficient (Wildman–Crippen LogP) is 3.54. The van der Waals surface area contributed by atoms with Gasteiger partial charge in [0.1, 0.15) is 11.6 Å². The van der Waals surface area contributed by atoms with Gasteiger partial charge in [-0.15, -0.1) is 0 Å². The smallest absolute Gasteiger partial charge is 0.257 e. The Kier molecular flexibility index (Phi) is 4.81.